The van der Waals surface area contributed by atoms with Crippen LogP contribution in [0.1, 0.15) is 41.3 Å². The number of piperidine rings is 1. The fourth-order valence-electron chi connectivity index (χ4n) is 6.29. The third-order valence-electron chi connectivity index (χ3n) is 8.85. The second kappa shape index (κ2) is 13.8. The third kappa shape index (κ3) is 6.88. The lowest BCUT2D eigenvalue weighted by molar-refractivity contribution is -0.145. The SMILES string of the molecule is C[S+](C)CCOCn1ccc2c(-c3cnn(C4(CC#N)CN(C5CCN(C(=O)c6cc(CO)nc(C(F)(F)F)n6)CC5)C4)c3)ncnc21. The van der Waals surface area contributed by atoms with Gasteiger partial charge < -0.3 is 19.3 Å². The summed E-state index contributed by atoms with van der Waals surface area (Å²) in [6, 6.07) is 5.51. The van der Waals surface area contributed by atoms with Crippen molar-refractivity contribution in [3.63, 3.8) is 0 Å². The van der Waals surface area contributed by atoms with Crippen LogP contribution < -0.4 is 0 Å². The summed E-state index contributed by atoms with van der Waals surface area (Å²) in [7, 11) is 0.314. The van der Waals surface area contributed by atoms with Crippen LogP contribution >= 0.6 is 0 Å². The first kappa shape index (κ1) is 33.8. The second-order valence-corrected chi connectivity index (χ2v) is 14.7. The Morgan fingerprint density at radius 1 is 1.21 bits per heavy atom. The van der Waals surface area contributed by atoms with E-state index in [1.54, 1.807) is 6.20 Å². The molecule has 0 atom stereocenters. The van der Waals surface area contributed by atoms with E-state index in [0.717, 1.165) is 34.1 Å². The number of fused-ring (bicyclic) bond motifs is 1. The summed E-state index contributed by atoms with van der Waals surface area (Å²) in [5, 5.41) is 24.6. The van der Waals surface area contributed by atoms with E-state index < -0.39 is 30.1 Å². The van der Waals surface area contributed by atoms with Crippen LogP contribution in [-0.2, 0) is 40.7 Å². The van der Waals surface area contributed by atoms with E-state index in [1.165, 1.54) is 11.2 Å². The number of aromatic nitrogens is 7. The average molecular weight is 686 g/mol. The summed E-state index contributed by atoms with van der Waals surface area (Å²) < 4.78 is 49.4. The number of hydrogen-bond acceptors (Lipinski definition) is 10. The molecule has 4 aromatic rings. The molecule has 0 saturated carbocycles. The predicted molar refractivity (Wildman–Crippen MR) is 170 cm³/mol. The Morgan fingerprint density at radius 3 is 2.67 bits per heavy atom. The summed E-state index contributed by atoms with van der Waals surface area (Å²) in [4.78, 5) is 32.6. The fourth-order valence-corrected chi connectivity index (χ4v) is 6.75. The molecule has 48 heavy (non-hydrogen) atoms. The molecular weight excluding hydrogens is 649 g/mol. The van der Waals surface area contributed by atoms with Gasteiger partial charge in [-0.05, 0) is 35.9 Å². The van der Waals surface area contributed by atoms with Gasteiger partial charge in [0.1, 0.15) is 35.7 Å². The first-order valence-electron chi connectivity index (χ1n) is 15.4. The zero-order valence-electron chi connectivity index (χ0n) is 26.6. The molecule has 254 valence electrons. The highest BCUT2D eigenvalue weighted by atomic mass is 32.2. The summed E-state index contributed by atoms with van der Waals surface area (Å²) in [6.45, 7) is 2.19. The molecule has 1 N–H and O–H groups in total. The van der Waals surface area contributed by atoms with E-state index in [1.807, 2.05) is 27.7 Å². The van der Waals surface area contributed by atoms with Crippen LogP contribution in [0.3, 0.4) is 0 Å². The van der Waals surface area contributed by atoms with Gasteiger partial charge in [0.15, 0.2) is 0 Å². The lowest BCUT2D eigenvalue weighted by Crippen LogP contribution is -2.66. The Hall–Kier alpha value is -4.11. The number of nitriles is 1. The van der Waals surface area contributed by atoms with Gasteiger partial charge in [0.2, 0.25) is 5.82 Å². The van der Waals surface area contributed by atoms with Crippen molar-refractivity contribution < 1.29 is 27.8 Å². The topological polar surface area (TPSA) is 151 Å². The van der Waals surface area contributed by atoms with Crippen LogP contribution in [0, 0.1) is 11.3 Å². The van der Waals surface area contributed by atoms with E-state index in [9.17, 15) is 28.3 Å². The molecular formula is C31H36F3N10O3S+. The van der Waals surface area contributed by atoms with Crippen LogP contribution in [0.5, 0.6) is 0 Å². The maximum Gasteiger partial charge on any atom is 0.451 e. The van der Waals surface area contributed by atoms with Crippen LogP contribution in [0.25, 0.3) is 22.3 Å². The first-order valence-corrected chi connectivity index (χ1v) is 17.7. The minimum Gasteiger partial charge on any atom is -0.390 e. The fraction of sp³-hybridized carbons (Fsp3) is 0.516. The number of hydrogen-bond donors (Lipinski definition) is 1. The minimum atomic E-state index is -4.84. The van der Waals surface area contributed by atoms with Gasteiger partial charge >= 0.3 is 6.18 Å². The third-order valence-corrected chi connectivity index (χ3v) is 9.83. The number of nitrogens with zero attached hydrogens (tertiary/aromatic N) is 10. The number of amides is 1. The summed E-state index contributed by atoms with van der Waals surface area (Å²) in [5.74, 6) is -1.07. The number of rotatable bonds is 11. The van der Waals surface area contributed by atoms with E-state index in [2.05, 4.69) is 48.5 Å². The molecule has 6 heterocycles. The van der Waals surface area contributed by atoms with Crippen molar-refractivity contribution in [2.45, 2.75) is 50.4 Å². The molecule has 4 aromatic heterocycles. The number of aliphatic hydroxyl groups excluding tert-OH is 1. The number of halogens is 3. The molecule has 0 radical (unpaired) electrons. The maximum absolute atomic E-state index is 13.3. The van der Waals surface area contributed by atoms with Gasteiger partial charge in [-0.3, -0.25) is 14.4 Å². The van der Waals surface area contributed by atoms with Gasteiger partial charge in [-0.25, -0.2) is 19.9 Å². The quantitative estimate of drug-likeness (QED) is 0.184. The van der Waals surface area contributed by atoms with Crippen LogP contribution in [0.2, 0.25) is 0 Å². The molecule has 0 aliphatic carbocycles. The van der Waals surface area contributed by atoms with Crippen molar-refractivity contribution in [2.24, 2.45) is 0 Å². The lowest BCUT2D eigenvalue weighted by Gasteiger charge is -2.53. The van der Waals surface area contributed by atoms with Crippen molar-refractivity contribution in [2.75, 3.05) is 51.1 Å². The average Bonchev–Trinajstić information content (AvgIpc) is 3.72. The van der Waals surface area contributed by atoms with Gasteiger partial charge in [-0.2, -0.15) is 23.5 Å². The van der Waals surface area contributed by atoms with E-state index in [-0.39, 0.29) is 23.9 Å². The van der Waals surface area contributed by atoms with Gasteiger partial charge in [-0.1, -0.05) is 0 Å². The Balaban J connectivity index is 1.10. The van der Waals surface area contributed by atoms with Crippen molar-refractivity contribution in [1.29, 1.82) is 5.26 Å². The normalized spacial score (nSPS) is 17.2. The van der Waals surface area contributed by atoms with E-state index in [4.69, 9.17) is 4.74 Å². The first-order chi connectivity index (χ1) is 23.0. The van der Waals surface area contributed by atoms with Gasteiger partial charge in [0.25, 0.3) is 5.91 Å². The standard InChI is InChI=1S/C31H36F3N10O3S/c1-48(2)12-11-47-20-42-10-5-24-26(36-19-37-27(24)42)21-14-38-44(15-21)30(6-7-35)17-43(18-30)23-3-8-41(9-4-23)28(46)25-13-22(16-45)39-29(40-25)31(32,33)34/h5,10,13-15,19,23,45H,3-4,6,8-9,11-12,16-18,20H2,1-2H3/q+1. The van der Waals surface area contributed by atoms with Gasteiger partial charge in [-0.15, -0.1) is 0 Å². The molecule has 2 aliphatic rings. The number of carbonyl (C=O) groups excluding carboxylic acids is 1. The molecule has 2 aliphatic heterocycles. The lowest BCUT2D eigenvalue weighted by atomic mass is 9.83. The second-order valence-electron chi connectivity index (χ2n) is 12.4. The Labute approximate surface area is 277 Å². The largest absolute Gasteiger partial charge is 0.451 e. The molecule has 0 unspecified atom stereocenters. The summed E-state index contributed by atoms with van der Waals surface area (Å²) in [6.07, 6.45) is 8.15. The molecule has 13 nitrogen and oxygen atoms in total. The highest BCUT2D eigenvalue weighted by molar-refractivity contribution is 7.95. The van der Waals surface area contributed by atoms with Crippen molar-refractivity contribution in [3.05, 3.63) is 54.3 Å². The van der Waals surface area contributed by atoms with Gasteiger partial charge in [0.05, 0.1) is 55.8 Å². The number of carbonyl (C=O) groups is 1. The summed E-state index contributed by atoms with van der Waals surface area (Å²) >= 11 is 0. The van der Waals surface area contributed by atoms with E-state index in [0.29, 0.717) is 63.3 Å². The van der Waals surface area contributed by atoms with Crippen molar-refractivity contribution in [3.8, 4) is 17.3 Å². The maximum atomic E-state index is 13.3. The molecule has 1 amide bonds. The predicted octanol–water partition coefficient (Wildman–Crippen LogP) is 2.68. The van der Waals surface area contributed by atoms with Crippen LogP contribution in [-0.4, -0.2) is 112 Å². The van der Waals surface area contributed by atoms with Crippen LogP contribution in [0.15, 0.2) is 37.1 Å². The Bertz CT molecular complexity index is 1810. The molecule has 0 aromatic carbocycles. The number of aliphatic hydroxyl groups is 1. The molecule has 2 saturated heterocycles. The Kier molecular flexibility index (Phi) is 9.70. The smallest absolute Gasteiger partial charge is 0.390 e. The minimum absolute atomic E-state index is 0.129. The number of ether oxygens (including phenoxy) is 1. The molecule has 0 bridgehead atoms. The Morgan fingerprint density at radius 2 is 1.98 bits per heavy atom. The molecule has 6 rings (SSSR count). The zero-order valence-corrected chi connectivity index (χ0v) is 27.4. The zero-order chi connectivity index (χ0) is 34.1. The highest BCUT2D eigenvalue weighted by Gasteiger charge is 2.48. The molecule has 2 fully saturated rings. The monoisotopic (exact) mass is 685 g/mol. The highest BCUT2D eigenvalue weighted by Crippen LogP contribution is 2.37. The van der Waals surface area contributed by atoms with Crippen LogP contribution in [0.4, 0.5) is 13.2 Å². The van der Waals surface area contributed by atoms with Crippen molar-refractivity contribution >= 4 is 27.8 Å². The molecule has 17 heteroatoms. The molecule has 0 spiro atoms. The van der Waals surface area contributed by atoms with Gasteiger partial charge in [0, 0.05) is 55.6 Å². The van der Waals surface area contributed by atoms with Crippen molar-refractivity contribution in [1.82, 2.24) is 44.1 Å². The number of alkyl halides is 3. The number of likely N-dealkylation sites (tertiary alicyclic amines) is 2. The van der Waals surface area contributed by atoms with E-state index >= 15 is 0 Å². The summed E-state index contributed by atoms with van der Waals surface area (Å²) in [5.41, 5.74) is 1.13.